The Labute approximate surface area is 214 Å². The second-order valence-corrected chi connectivity index (χ2v) is 8.42. The van der Waals surface area contributed by atoms with E-state index in [0.29, 0.717) is 25.7 Å². The van der Waals surface area contributed by atoms with E-state index in [0.717, 1.165) is 0 Å². The van der Waals surface area contributed by atoms with E-state index in [2.05, 4.69) is 40.6 Å². The molecule has 0 saturated heterocycles. The summed E-state index contributed by atoms with van der Waals surface area (Å²) in [5, 5.41) is 5.61. The van der Waals surface area contributed by atoms with Crippen LogP contribution in [-0.4, -0.2) is 55.8 Å². The Balaban J connectivity index is 1.52. The summed E-state index contributed by atoms with van der Waals surface area (Å²) in [6.07, 6.45) is 2.63. The second kappa shape index (κ2) is 11.0. The summed E-state index contributed by atoms with van der Waals surface area (Å²) in [5.41, 5.74) is 33.5. The zero-order valence-corrected chi connectivity index (χ0v) is 20.2. The third-order valence-electron chi connectivity index (χ3n) is 5.09. The van der Waals surface area contributed by atoms with Crippen molar-refractivity contribution in [2.45, 2.75) is 37.8 Å². The van der Waals surface area contributed by atoms with Crippen LogP contribution in [0.4, 0.5) is 23.3 Å². The maximum Gasteiger partial charge on any atom is 0.302 e. The number of amides is 2. The molecule has 0 aliphatic heterocycles. The van der Waals surface area contributed by atoms with Crippen LogP contribution in [0.25, 0.3) is 0 Å². The molecule has 0 radical (unpaired) electrons. The van der Waals surface area contributed by atoms with E-state index in [1.165, 1.54) is 0 Å². The van der Waals surface area contributed by atoms with Crippen molar-refractivity contribution in [3.63, 3.8) is 0 Å². The van der Waals surface area contributed by atoms with Crippen LogP contribution in [0.3, 0.4) is 0 Å². The number of nitrogens with one attached hydrogen (secondary N) is 2. The summed E-state index contributed by atoms with van der Waals surface area (Å²) >= 11 is 11.6. The molecule has 1 aliphatic rings. The lowest BCUT2D eigenvalue weighted by molar-refractivity contribution is 0.0989. The Morgan fingerprint density at radius 3 is 1.33 bits per heavy atom. The van der Waals surface area contributed by atoms with Gasteiger partial charge in [-0.05, 0) is 25.7 Å². The number of guanidine groups is 2. The molecule has 36 heavy (non-hydrogen) atoms. The summed E-state index contributed by atoms with van der Waals surface area (Å²) < 4.78 is 0. The molecule has 1 aliphatic carbocycles. The van der Waals surface area contributed by atoms with Crippen LogP contribution in [-0.2, 0) is 0 Å². The minimum atomic E-state index is -0.816. The quantitative estimate of drug-likeness (QED) is 0.171. The van der Waals surface area contributed by atoms with Gasteiger partial charge in [-0.15, -0.1) is 0 Å². The molecule has 192 valence electrons. The zero-order chi connectivity index (χ0) is 26.6. The average molecular weight is 539 g/mol. The van der Waals surface area contributed by atoms with Crippen molar-refractivity contribution in [2.75, 3.05) is 22.9 Å². The molecule has 0 bridgehead atoms. The summed E-state index contributed by atoms with van der Waals surface area (Å²) in [6.45, 7) is 0. The monoisotopic (exact) mass is 538 g/mol. The molecule has 3 rings (SSSR count). The van der Waals surface area contributed by atoms with Gasteiger partial charge < -0.3 is 45.0 Å². The van der Waals surface area contributed by atoms with Gasteiger partial charge in [-0.2, -0.15) is 9.98 Å². The topological polar surface area (TPSA) is 291 Å². The van der Waals surface area contributed by atoms with Gasteiger partial charge in [-0.25, -0.2) is 19.9 Å². The van der Waals surface area contributed by atoms with Crippen molar-refractivity contribution < 1.29 is 9.59 Å². The number of carbonyl (C=O) groups is 2. The van der Waals surface area contributed by atoms with Gasteiger partial charge in [0.2, 0.25) is 0 Å². The van der Waals surface area contributed by atoms with E-state index in [1.807, 2.05) is 0 Å². The van der Waals surface area contributed by atoms with E-state index in [4.69, 9.17) is 57.6 Å². The largest absolute Gasteiger partial charge is 0.382 e. The number of aromatic nitrogens is 4. The molecule has 2 aromatic rings. The Kier molecular flexibility index (Phi) is 8.11. The minimum Gasteiger partial charge on any atom is -0.382 e. The molecule has 2 amide bonds. The summed E-state index contributed by atoms with van der Waals surface area (Å²) in [4.78, 5) is 47.2. The molecule has 16 nitrogen and oxygen atoms in total. The number of anilines is 4. The van der Waals surface area contributed by atoms with Crippen LogP contribution in [0, 0.1) is 0 Å². The highest BCUT2D eigenvalue weighted by molar-refractivity contribution is 6.32. The molecule has 2 aromatic heterocycles. The maximum absolute atomic E-state index is 12.3. The lowest BCUT2D eigenvalue weighted by atomic mass is 9.91. The third kappa shape index (κ3) is 6.48. The SMILES string of the molecule is N/C(=N\C(=O)c1nc(Cl)c(N)nc1N)N[C@H]1CC[C@@H](N/C(N)=N/C(=O)c2nc(Cl)c(N)nc2N)CC1. The fourth-order valence-electron chi connectivity index (χ4n) is 3.39. The highest BCUT2D eigenvalue weighted by Gasteiger charge is 2.23. The molecule has 18 heteroatoms. The lowest BCUT2D eigenvalue weighted by Gasteiger charge is -2.30. The highest BCUT2D eigenvalue weighted by Crippen LogP contribution is 2.20. The normalized spacial score (nSPS) is 18.5. The zero-order valence-electron chi connectivity index (χ0n) is 18.7. The third-order valence-corrected chi connectivity index (χ3v) is 5.65. The molecular weight excluding hydrogens is 515 g/mol. The van der Waals surface area contributed by atoms with Crippen LogP contribution in [0.1, 0.15) is 46.7 Å². The van der Waals surface area contributed by atoms with Gasteiger partial charge in [0.1, 0.15) is 0 Å². The Morgan fingerprint density at radius 1 is 0.667 bits per heavy atom. The van der Waals surface area contributed by atoms with Crippen molar-refractivity contribution in [1.82, 2.24) is 30.6 Å². The number of hydrogen-bond acceptors (Lipinski definition) is 10. The second-order valence-electron chi connectivity index (χ2n) is 7.71. The van der Waals surface area contributed by atoms with Crippen molar-refractivity contribution in [3.05, 3.63) is 21.7 Å². The minimum absolute atomic E-state index is 0.0650. The predicted molar refractivity (Wildman–Crippen MR) is 136 cm³/mol. The van der Waals surface area contributed by atoms with Gasteiger partial charge in [-0.1, -0.05) is 23.2 Å². The molecule has 0 spiro atoms. The first kappa shape index (κ1) is 26.4. The molecule has 0 unspecified atom stereocenters. The highest BCUT2D eigenvalue weighted by atomic mass is 35.5. The van der Waals surface area contributed by atoms with Crippen molar-refractivity contribution >= 4 is 70.2 Å². The fraction of sp³-hybridized carbons (Fsp3) is 0.333. The molecule has 0 aromatic carbocycles. The Morgan fingerprint density at radius 2 is 1.00 bits per heavy atom. The van der Waals surface area contributed by atoms with Crippen molar-refractivity contribution in [2.24, 2.45) is 21.5 Å². The number of nitrogens with zero attached hydrogens (tertiary/aromatic N) is 6. The van der Waals surface area contributed by atoms with Crippen LogP contribution < -0.4 is 45.0 Å². The lowest BCUT2D eigenvalue weighted by Crippen LogP contribution is -2.47. The van der Waals surface area contributed by atoms with Crippen LogP contribution in [0.15, 0.2) is 9.98 Å². The van der Waals surface area contributed by atoms with Crippen LogP contribution >= 0.6 is 23.2 Å². The van der Waals surface area contributed by atoms with Gasteiger partial charge in [0, 0.05) is 12.1 Å². The van der Waals surface area contributed by atoms with Crippen molar-refractivity contribution in [3.8, 4) is 0 Å². The first-order valence-electron chi connectivity index (χ1n) is 10.4. The Bertz CT molecular complexity index is 1150. The van der Waals surface area contributed by atoms with Crippen LogP contribution in [0.5, 0.6) is 0 Å². The maximum atomic E-state index is 12.3. The molecule has 1 saturated carbocycles. The molecule has 0 atom stereocenters. The van der Waals surface area contributed by atoms with Gasteiger partial charge in [-0.3, -0.25) is 9.59 Å². The summed E-state index contributed by atoms with van der Waals surface area (Å²) in [7, 11) is 0. The molecule has 1 fully saturated rings. The standard InChI is InChI=1S/C18H24Cl2N14O2/c19-9-13(23)31-11(21)7(29-9)15(35)33-17(25)27-5-1-2-6(4-3-5)28-18(26)34-16(36)8-12(22)32-14(24)10(20)30-8/h5-6H,1-4H2,(H4,21,23,31)(H4,22,24,32)(H3,25,27,33,35)(H3,26,28,34,36)/t5-,6+. The fourth-order valence-corrected chi connectivity index (χ4v) is 3.64. The molecule has 14 N–H and O–H groups in total. The number of aliphatic imine (C=N–C) groups is 2. The molecule has 2 heterocycles. The molecular formula is C18H24Cl2N14O2. The van der Waals surface area contributed by atoms with E-state index >= 15 is 0 Å². The first-order chi connectivity index (χ1) is 16.9. The van der Waals surface area contributed by atoms with Gasteiger partial charge in [0.15, 0.2) is 56.9 Å². The predicted octanol–water partition coefficient (Wildman–Crippen LogP) is -0.997. The summed E-state index contributed by atoms with van der Waals surface area (Å²) in [6, 6.07) is -0.130. The van der Waals surface area contributed by atoms with Gasteiger partial charge in [0.25, 0.3) is 0 Å². The van der Waals surface area contributed by atoms with Gasteiger partial charge >= 0.3 is 11.8 Å². The van der Waals surface area contributed by atoms with E-state index < -0.39 is 11.8 Å². The number of hydrogen-bond donors (Lipinski definition) is 8. The number of nitrogen functional groups attached to an aromatic ring is 4. The smallest absolute Gasteiger partial charge is 0.302 e. The Hall–Kier alpha value is -4.18. The van der Waals surface area contributed by atoms with Crippen molar-refractivity contribution in [1.29, 1.82) is 0 Å². The summed E-state index contributed by atoms with van der Waals surface area (Å²) in [5.74, 6) is -2.49. The number of halogens is 2. The van der Waals surface area contributed by atoms with E-state index in [-0.39, 0.29) is 69.0 Å². The average Bonchev–Trinajstić information content (AvgIpc) is 2.79. The number of carbonyl (C=O) groups excluding carboxylic acids is 2. The van der Waals surface area contributed by atoms with Crippen LogP contribution in [0.2, 0.25) is 10.3 Å². The number of nitrogens with two attached hydrogens (primary N) is 6. The first-order valence-corrected chi connectivity index (χ1v) is 11.2. The van der Waals surface area contributed by atoms with E-state index in [1.54, 1.807) is 0 Å². The van der Waals surface area contributed by atoms with Gasteiger partial charge in [0.05, 0.1) is 0 Å². The van der Waals surface area contributed by atoms with E-state index in [9.17, 15) is 9.59 Å². The number of rotatable bonds is 4.